The molecule has 1 aliphatic rings. The summed E-state index contributed by atoms with van der Waals surface area (Å²) in [5.41, 5.74) is 0.435. The first-order valence-electron chi connectivity index (χ1n) is 6.48. The van der Waals surface area contributed by atoms with E-state index in [1.165, 1.54) is 19.3 Å². The molecule has 2 unspecified atom stereocenters. The van der Waals surface area contributed by atoms with Crippen molar-refractivity contribution in [2.45, 2.75) is 53.8 Å². The molecule has 1 rings (SSSR count). The summed E-state index contributed by atoms with van der Waals surface area (Å²) < 4.78 is 14.9. The van der Waals surface area contributed by atoms with Crippen molar-refractivity contribution in [2.24, 2.45) is 23.2 Å². The Kier molecular flexibility index (Phi) is 2.10. The minimum atomic E-state index is 0.317. The van der Waals surface area contributed by atoms with Crippen LogP contribution in [0.5, 0.6) is 0 Å². The Labute approximate surface area is 80.6 Å². The minimum Gasteiger partial charge on any atom is -0.0625 e. The van der Waals surface area contributed by atoms with Crippen LogP contribution in [0.25, 0.3) is 0 Å². The van der Waals surface area contributed by atoms with E-state index in [4.69, 9.17) is 2.74 Å². The number of hydrogen-bond donors (Lipinski definition) is 0. The topological polar surface area (TPSA) is 0 Å². The van der Waals surface area contributed by atoms with Gasteiger partial charge in [0.25, 0.3) is 0 Å². The van der Waals surface area contributed by atoms with Crippen LogP contribution in [0.1, 0.15) is 56.6 Å². The molecule has 0 N–H and O–H groups in total. The second-order valence-corrected chi connectivity index (χ2v) is 5.43. The first kappa shape index (κ1) is 7.41. The van der Waals surface area contributed by atoms with Crippen molar-refractivity contribution in [2.75, 3.05) is 0 Å². The molecule has 0 aromatic rings. The van der Waals surface area contributed by atoms with Crippen molar-refractivity contribution in [3.05, 3.63) is 0 Å². The van der Waals surface area contributed by atoms with Gasteiger partial charge in [0.2, 0.25) is 0 Å². The van der Waals surface area contributed by atoms with Crippen molar-refractivity contribution < 1.29 is 2.74 Å². The van der Waals surface area contributed by atoms with Crippen LogP contribution in [0.4, 0.5) is 0 Å². The molecule has 0 heteroatoms. The van der Waals surface area contributed by atoms with Gasteiger partial charge in [-0.15, -0.1) is 0 Å². The van der Waals surface area contributed by atoms with Crippen LogP contribution in [0, 0.1) is 23.2 Å². The molecule has 0 aromatic heterocycles. The summed E-state index contributed by atoms with van der Waals surface area (Å²) in [6, 6.07) is 0. The average Bonchev–Trinajstić information content (AvgIpc) is 2.02. The first-order valence-corrected chi connectivity index (χ1v) is 5.07. The Morgan fingerprint density at radius 1 is 1.33 bits per heavy atom. The van der Waals surface area contributed by atoms with E-state index in [-0.39, 0.29) is 0 Å². The highest BCUT2D eigenvalue weighted by atomic mass is 14.4. The maximum Gasteiger partial charge on any atom is 0.0233 e. The van der Waals surface area contributed by atoms with Gasteiger partial charge >= 0.3 is 0 Å². The molecule has 1 saturated carbocycles. The van der Waals surface area contributed by atoms with Gasteiger partial charge in [-0.1, -0.05) is 34.6 Å². The van der Waals surface area contributed by atoms with Crippen LogP contribution >= 0.6 is 0 Å². The second-order valence-electron chi connectivity index (χ2n) is 5.43. The molecule has 0 heterocycles. The Morgan fingerprint density at radius 2 is 2.00 bits per heavy atom. The zero-order chi connectivity index (χ0) is 10.8. The summed E-state index contributed by atoms with van der Waals surface area (Å²) in [7, 11) is 0. The van der Waals surface area contributed by atoms with Crippen LogP contribution in [0.2, 0.25) is 0 Å². The van der Waals surface area contributed by atoms with Gasteiger partial charge in [0.05, 0.1) is 0 Å². The molecule has 0 amide bonds. The molecule has 0 saturated heterocycles. The van der Waals surface area contributed by atoms with Gasteiger partial charge in [-0.05, 0) is 42.4 Å². The number of rotatable bonds is 1. The Bertz CT molecular complexity index is 173. The molecule has 12 heavy (non-hydrogen) atoms. The van der Waals surface area contributed by atoms with Crippen molar-refractivity contribution in [3.63, 3.8) is 0 Å². The third kappa shape index (κ3) is 2.50. The molecule has 0 aliphatic heterocycles. The van der Waals surface area contributed by atoms with Gasteiger partial charge in [0.1, 0.15) is 0 Å². The lowest BCUT2D eigenvalue weighted by Crippen LogP contribution is -2.30. The fraction of sp³-hybridized carbons (Fsp3) is 1.00. The van der Waals surface area contributed by atoms with Gasteiger partial charge in [-0.25, -0.2) is 0 Å². The minimum absolute atomic E-state index is 0.317. The second kappa shape index (κ2) is 3.40. The Balaban J connectivity index is 2.61. The molecule has 1 aliphatic carbocycles. The molecule has 0 radical (unpaired) electrons. The highest BCUT2D eigenvalue weighted by Crippen LogP contribution is 2.44. The van der Waals surface area contributed by atoms with Gasteiger partial charge in [0, 0.05) is 2.74 Å². The zero-order valence-corrected chi connectivity index (χ0v) is 8.77. The maximum absolute atomic E-state index is 7.47. The van der Waals surface area contributed by atoms with E-state index in [0.717, 1.165) is 5.92 Å². The van der Waals surface area contributed by atoms with E-state index in [9.17, 15) is 0 Å². The summed E-state index contributed by atoms with van der Waals surface area (Å²) >= 11 is 0. The summed E-state index contributed by atoms with van der Waals surface area (Å²) in [5, 5.41) is 0. The van der Waals surface area contributed by atoms with E-state index in [1.54, 1.807) is 0 Å². The first-order chi connectivity index (χ1) is 6.48. The van der Waals surface area contributed by atoms with Crippen LogP contribution in [0.3, 0.4) is 0 Å². The standard InChI is InChI=1S/C12H24/c1-9(2)11-6-10(3)7-12(4,5)8-11/h9-11H,6-8H2,1-5H3/i1D,2D. The fourth-order valence-corrected chi connectivity index (χ4v) is 2.78. The molecule has 1 fully saturated rings. The van der Waals surface area contributed by atoms with Crippen LogP contribution in [-0.4, -0.2) is 0 Å². The largest absolute Gasteiger partial charge is 0.0625 e. The normalized spacial score (nSPS) is 37.7. The third-order valence-corrected chi connectivity index (χ3v) is 3.09. The zero-order valence-electron chi connectivity index (χ0n) is 10.8. The lowest BCUT2D eigenvalue weighted by atomic mass is 9.65. The predicted octanol–water partition coefficient (Wildman–Crippen LogP) is 4.10. The lowest BCUT2D eigenvalue weighted by Gasteiger charge is -2.40. The van der Waals surface area contributed by atoms with Crippen molar-refractivity contribution in [3.8, 4) is 0 Å². The van der Waals surface area contributed by atoms with Crippen molar-refractivity contribution >= 4 is 0 Å². The smallest absolute Gasteiger partial charge is 0.0233 e. The van der Waals surface area contributed by atoms with E-state index in [0.29, 0.717) is 31.1 Å². The van der Waals surface area contributed by atoms with Crippen molar-refractivity contribution in [1.29, 1.82) is 0 Å². The average molecular weight is 170 g/mol. The number of hydrogen-bond acceptors (Lipinski definition) is 0. The summed E-state index contributed by atoms with van der Waals surface area (Å²) in [5.74, 6) is 1.73. The van der Waals surface area contributed by atoms with Gasteiger partial charge in [-0.2, -0.15) is 0 Å². The van der Waals surface area contributed by atoms with Gasteiger partial charge in [-0.3, -0.25) is 0 Å². The maximum atomic E-state index is 7.47. The fourth-order valence-electron chi connectivity index (χ4n) is 2.78. The Hall–Kier alpha value is 0. The highest BCUT2D eigenvalue weighted by molar-refractivity contribution is 4.83. The highest BCUT2D eigenvalue weighted by Gasteiger charge is 2.32. The molecule has 2 atom stereocenters. The summed E-state index contributed by atoms with van der Waals surface area (Å²) in [6.07, 6.45) is 3.78. The Morgan fingerprint density at radius 3 is 2.50 bits per heavy atom. The van der Waals surface area contributed by atoms with E-state index < -0.39 is 0 Å². The van der Waals surface area contributed by atoms with E-state index in [1.807, 2.05) is 0 Å². The molecule has 72 valence electrons. The van der Waals surface area contributed by atoms with Crippen molar-refractivity contribution in [1.82, 2.24) is 0 Å². The molecular formula is C12H24. The van der Waals surface area contributed by atoms with Gasteiger partial charge < -0.3 is 0 Å². The predicted molar refractivity (Wildman–Crippen MR) is 55.1 cm³/mol. The van der Waals surface area contributed by atoms with Gasteiger partial charge in [0.15, 0.2) is 0 Å². The van der Waals surface area contributed by atoms with Crippen LogP contribution < -0.4 is 0 Å². The van der Waals surface area contributed by atoms with E-state index in [2.05, 4.69) is 20.8 Å². The summed E-state index contributed by atoms with van der Waals surface area (Å²) in [6.45, 7) is 7.87. The molecule has 0 aromatic carbocycles. The third-order valence-electron chi connectivity index (χ3n) is 3.09. The summed E-state index contributed by atoms with van der Waals surface area (Å²) in [4.78, 5) is 0. The molecule has 0 bridgehead atoms. The van der Waals surface area contributed by atoms with E-state index >= 15 is 0 Å². The monoisotopic (exact) mass is 170 g/mol. The molecular weight excluding hydrogens is 144 g/mol. The molecule has 0 spiro atoms. The molecule has 0 nitrogen and oxygen atoms in total. The quantitative estimate of drug-likeness (QED) is 0.555. The SMILES string of the molecule is [2H]CC(C[2H])C1CC(C)CC(C)(C)C1. The van der Waals surface area contributed by atoms with Crippen LogP contribution in [0.15, 0.2) is 0 Å². The van der Waals surface area contributed by atoms with Crippen LogP contribution in [-0.2, 0) is 0 Å². The lowest BCUT2D eigenvalue weighted by molar-refractivity contribution is 0.105.